The highest BCUT2D eigenvalue weighted by molar-refractivity contribution is 5.83. The van der Waals surface area contributed by atoms with Gasteiger partial charge in [0.2, 0.25) is 11.8 Å². The minimum absolute atomic E-state index is 0.0173. The summed E-state index contributed by atoms with van der Waals surface area (Å²) in [6.07, 6.45) is 6.21. The molecule has 2 heterocycles. The number of benzene rings is 1. The van der Waals surface area contributed by atoms with E-state index < -0.39 is 0 Å². The van der Waals surface area contributed by atoms with Crippen LogP contribution in [0.3, 0.4) is 0 Å². The molecule has 1 saturated carbocycles. The Morgan fingerprint density at radius 3 is 2.57 bits per heavy atom. The third-order valence-corrected chi connectivity index (χ3v) is 6.31. The second-order valence-corrected chi connectivity index (χ2v) is 8.07. The molecule has 2 fully saturated rings. The van der Waals surface area contributed by atoms with Gasteiger partial charge in [0.25, 0.3) is 0 Å². The maximum Gasteiger partial charge on any atom is 0.225 e. The van der Waals surface area contributed by atoms with Gasteiger partial charge < -0.3 is 10.2 Å². The number of carbonyl (C=O) groups is 2. The second kappa shape index (κ2) is 8.13. The highest BCUT2D eigenvalue weighted by atomic mass is 16.2. The predicted molar refractivity (Wildman–Crippen MR) is 107 cm³/mol. The first-order valence-electron chi connectivity index (χ1n) is 10.2. The monoisotopic (exact) mass is 377 g/mol. The molecule has 0 bridgehead atoms. The Kier molecular flexibility index (Phi) is 5.42. The van der Waals surface area contributed by atoms with E-state index >= 15 is 0 Å². The molecule has 1 unspecified atom stereocenters. The zero-order chi connectivity index (χ0) is 19.4. The fourth-order valence-corrected chi connectivity index (χ4v) is 4.51. The van der Waals surface area contributed by atoms with Crippen LogP contribution < -0.4 is 5.32 Å². The minimum atomic E-state index is -0.106. The van der Waals surface area contributed by atoms with E-state index in [0.717, 1.165) is 37.9 Å². The molecule has 1 aliphatic carbocycles. The van der Waals surface area contributed by atoms with Crippen molar-refractivity contribution >= 4 is 11.8 Å². The third kappa shape index (κ3) is 3.93. The zero-order valence-corrected chi connectivity index (χ0v) is 16.1. The smallest absolute Gasteiger partial charge is 0.225 e. The van der Waals surface area contributed by atoms with Crippen LogP contribution in [0, 0.1) is 11.3 Å². The van der Waals surface area contributed by atoms with Crippen molar-refractivity contribution in [3.05, 3.63) is 66.0 Å². The van der Waals surface area contributed by atoms with E-state index in [9.17, 15) is 9.59 Å². The molecule has 1 aromatic carbocycles. The van der Waals surface area contributed by atoms with E-state index in [2.05, 4.69) is 22.4 Å². The molecule has 1 atom stereocenters. The summed E-state index contributed by atoms with van der Waals surface area (Å²) in [5.74, 6) is 0.115. The Hall–Kier alpha value is -2.69. The van der Waals surface area contributed by atoms with Gasteiger partial charge in [-0.15, -0.1) is 0 Å². The lowest BCUT2D eigenvalue weighted by molar-refractivity contribution is -0.130. The van der Waals surface area contributed by atoms with Crippen LogP contribution in [0.5, 0.6) is 0 Å². The number of nitrogens with one attached hydrogen (secondary N) is 1. The summed E-state index contributed by atoms with van der Waals surface area (Å²) < 4.78 is 0. The molecule has 5 heteroatoms. The van der Waals surface area contributed by atoms with Gasteiger partial charge in [0.1, 0.15) is 0 Å². The Labute approximate surface area is 166 Å². The van der Waals surface area contributed by atoms with Gasteiger partial charge >= 0.3 is 0 Å². The lowest BCUT2D eigenvalue weighted by atomic mass is 9.62. The molecular formula is C23H27N3O2. The fraction of sp³-hybridized carbons (Fsp3) is 0.435. The summed E-state index contributed by atoms with van der Waals surface area (Å²) in [5.41, 5.74) is 2.02. The van der Waals surface area contributed by atoms with Crippen molar-refractivity contribution in [3.8, 4) is 0 Å². The normalized spacial score (nSPS) is 20.0. The molecule has 4 rings (SSSR count). The SMILES string of the molecule is O=C(NCc1ccccn1)C1CN(C(=O)CCc2ccccc2)CC12CCC2. The van der Waals surface area contributed by atoms with Gasteiger partial charge in [-0.1, -0.05) is 42.8 Å². The van der Waals surface area contributed by atoms with Crippen LogP contribution in [-0.4, -0.2) is 34.8 Å². The van der Waals surface area contributed by atoms with Crippen LogP contribution >= 0.6 is 0 Å². The predicted octanol–water partition coefficient (Wildman–Crippen LogP) is 2.96. The van der Waals surface area contributed by atoms with Gasteiger partial charge in [0, 0.05) is 31.1 Å². The largest absolute Gasteiger partial charge is 0.350 e. The summed E-state index contributed by atoms with van der Waals surface area (Å²) >= 11 is 0. The quantitative estimate of drug-likeness (QED) is 0.842. The lowest BCUT2D eigenvalue weighted by Crippen LogP contribution is -2.45. The molecule has 2 aromatic rings. The first-order valence-corrected chi connectivity index (χ1v) is 10.2. The average molecular weight is 377 g/mol. The summed E-state index contributed by atoms with van der Waals surface area (Å²) in [7, 11) is 0. The second-order valence-electron chi connectivity index (χ2n) is 8.07. The van der Waals surface area contributed by atoms with Crippen molar-refractivity contribution in [2.45, 2.75) is 38.6 Å². The number of hydrogen-bond acceptors (Lipinski definition) is 3. The van der Waals surface area contributed by atoms with Gasteiger partial charge in [-0.25, -0.2) is 0 Å². The van der Waals surface area contributed by atoms with Crippen LogP contribution in [0.2, 0.25) is 0 Å². The van der Waals surface area contributed by atoms with E-state index in [0.29, 0.717) is 19.5 Å². The summed E-state index contributed by atoms with van der Waals surface area (Å²) in [4.78, 5) is 31.9. The van der Waals surface area contributed by atoms with E-state index in [-0.39, 0.29) is 23.1 Å². The number of carbonyl (C=O) groups excluding carboxylic acids is 2. The minimum Gasteiger partial charge on any atom is -0.350 e. The molecule has 1 spiro atoms. The van der Waals surface area contributed by atoms with E-state index in [4.69, 9.17) is 0 Å². The topological polar surface area (TPSA) is 62.3 Å². The van der Waals surface area contributed by atoms with Crippen LogP contribution in [-0.2, 0) is 22.6 Å². The Morgan fingerprint density at radius 1 is 1.11 bits per heavy atom. The molecule has 1 saturated heterocycles. The van der Waals surface area contributed by atoms with E-state index in [1.54, 1.807) is 6.20 Å². The number of pyridine rings is 1. The van der Waals surface area contributed by atoms with Gasteiger partial charge in [0.15, 0.2) is 0 Å². The summed E-state index contributed by atoms with van der Waals surface area (Å²) in [6, 6.07) is 15.8. The standard InChI is InChI=1S/C23H27N3O2/c27-21(11-10-18-7-2-1-3-8-18)26-16-20(23(17-26)12-6-13-23)22(28)25-15-19-9-4-5-14-24-19/h1-5,7-9,14,20H,6,10-13,15-17H2,(H,25,28). The maximum absolute atomic E-state index is 12.9. The van der Waals surface area contributed by atoms with Crippen LogP contribution in [0.4, 0.5) is 0 Å². The number of nitrogens with zero attached hydrogens (tertiary/aromatic N) is 2. The number of aryl methyl sites for hydroxylation is 1. The molecule has 1 aromatic heterocycles. The summed E-state index contributed by atoms with van der Waals surface area (Å²) in [6.45, 7) is 1.71. The highest BCUT2D eigenvalue weighted by Gasteiger charge is 2.54. The maximum atomic E-state index is 12.9. The Bertz CT molecular complexity index is 818. The molecule has 5 nitrogen and oxygen atoms in total. The first kappa shape index (κ1) is 18.7. The zero-order valence-electron chi connectivity index (χ0n) is 16.1. The molecule has 1 aliphatic heterocycles. The van der Waals surface area contributed by atoms with Crippen molar-refractivity contribution in [1.29, 1.82) is 0 Å². The van der Waals surface area contributed by atoms with Crippen molar-refractivity contribution in [3.63, 3.8) is 0 Å². The number of aromatic nitrogens is 1. The van der Waals surface area contributed by atoms with Gasteiger partial charge in [-0.2, -0.15) is 0 Å². The van der Waals surface area contributed by atoms with E-state index in [1.807, 2.05) is 41.3 Å². The molecular weight excluding hydrogens is 350 g/mol. The highest BCUT2D eigenvalue weighted by Crippen LogP contribution is 2.51. The Balaban J connectivity index is 1.35. The summed E-state index contributed by atoms with van der Waals surface area (Å²) in [5, 5.41) is 3.04. The van der Waals surface area contributed by atoms with E-state index in [1.165, 1.54) is 5.56 Å². The third-order valence-electron chi connectivity index (χ3n) is 6.31. The molecule has 28 heavy (non-hydrogen) atoms. The van der Waals surface area contributed by atoms with Crippen molar-refractivity contribution < 1.29 is 9.59 Å². The fourth-order valence-electron chi connectivity index (χ4n) is 4.51. The molecule has 0 radical (unpaired) electrons. The van der Waals surface area contributed by atoms with Gasteiger partial charge in [0.05, 0.1) is 18.2 Å². The first-order chi connectivity index (χ1) is 13.7. The molecule has 146 valence electrons. The van der Waals surface area contributed by atoms with Crippen LogP contribution in [0.1, 0.15) is 36.9 Å². The Morgan fingerprint density at radius 2 is 1.89 bits per heavy atom. The molecule has 2 amide bonds. The number of likely N-dealkylation sites (tertiary alicyclic amines) is 1. The molecule has 2 aliphatic rings. The van der Waals surface area contributed by atoms with Crippen LogP contribution in [0.15, 0.2) is 54.7 Å². The van der Waals surface area contributed by atoms with Crippen LogP contribution in [0.25, 0.3) is 0 Å². The number of hydrogen-bond donors (Lipinski definition) is 1. The van der Waals surface area contributed by atoms with Crippen molar-refractivity contribution in [1.82, 2.24) is 15.2 Å². The number of amides is 2. The van der Waals surface area contributed by atoms with Gasteiger partial charge in [-0.3, -0.25) is 14.6 Å². The number of rotatable bonds is 6. The average Bonchev–Trinajstić information content (AvgIpc) is 3.14. The van der Waals surface area contributed by atoms with Gasteiger partial charge in [-0.05, 0) is 37.0 Å². The van der Waals surface area contributed by atoms with Crippen molar-refractivity contribution in [2.75, 3.05) is 13.1 Å². The van der Waals surface area contributed by atoms with Crippen molar-refractivity contribution in [2.24, 2.45) is 11.3 Å². The molecule has 1 N–H and O–H groups in total. The lowest BCUT2D eigenvalue weighted by Gasteiger charge is -2.41.